The second-order valence-corrected chi connectivity index (χ2v) is 3.51. The highest BCUT2D eigenvalue weighted by Gasteiger charge is 2.18. The summed E-state index contributed by atoms with van der Waals surface area (Å²) in [5.74, 6) is 0. The van der Waals surface area contributed by atoms with Crippen molar-refractivity contribution in [3.05, 3.63) is 18.5 Å². The van der Waals surface area contributed by atoms with Crippen molar-refractivity contribution in [2.75, 3.05) is 0 Å². The van der Waals surface area contributed by atoms with Crippen LogP contribution in [0.15, 0.2) is 18.5 Å². The van der Waals surface area contributed by atoms with E-state index < -0.39 is 0 Å². The highest BCUT2D eigenvalue weighted by Crippen LogP contribution is 2.19. The SMILES string of the molecule is CCCC(C)(C)n1cccn1. The Hall–Kier alpha value is -0.790. The van der Waals surface area contributed by atoms with E-state index in [2.05, 4.69) is 25.9 Å². The van der Waals surface area contributed by atoms with Crippen molar-refractivity contribution in [2.24, 2.45) is 0 Å². The molecule has 0 fully saturated rings. The van der Waals surface area contributed by atoms with E-state index in [1.54, 1.807) is 0 Å². The van der Waals surface area contributed by atoms with Gasteiger partial charge in [-0.3, -0.25) is 4.68 Å². The molecule has 1 rings (SSSR count). The van der Waals surface area contributed by atoms with Crippen molar-refractivity contribution in [3.63, 3.8) is 0 Å². The fourth-order valence-electron chi connectivity index (χ4n) is 1.35. The molecule has 0 unspecified atom stereocenters. The summed E-state index contributed by atoms with van der Waals surface area (Å²) in [5.41, 5.74) is 0.179. The number of nitrogens with zero attached hydrogens (tertiary/aromatic N) is 2. The first-order valence-corrected chi connectivity index (χ1v) is 4.17. The van der Waals surface area contributed by atoms with E-state index in [0.29, 0.717) is 0 Å². The summed E-state index contributed by atoms with van der Waals surface area (Å²) in [4.78, 5) is 0. The van der Waals surface area contributed by atoms with Crippen LogP contribution in [0.25, 0.3) is 0 Å². The van der Waals surface area contributed by atoms with Crippen molar-refractivity contribution in [3.8, 4) is 0 Å². The number of aromatic nitrogens is 2. The van der Waals surface area contributed by atoms with Gasteiger partial charge in [-0.2, -0.15) is 5.10 Å². The molecule has 0 aliphatic heterocycles. The average Bonchev–Trinajstić information content (AvgIpc) is 2.37. The molecule has 1 aromatic heterocycles. The lowest BCUT2D eigenvalue weighted by Crippen LogP contribution is -2.26. The Morgan fingerprint density at radius 2 is 2.18 bits per heavy atom. The van der Waals surface area contributed by atoms with Gasteiger partial charge in [-0.15, -0.1) is 0 Å². The molecule has 0 saturated heterocycles. The van der Waals surface area contributed by atoms with Crippen LogP contribution in [0.1, 0.15) is 33.6 Å². The molecule has 0 spiro atoms. The van der Waals surface area contributed by atoms with E-state index in [4.69, 9.17) is 0 Å². The molecule has 0 radical (unpaired) electrons. The largest absolute Gasteiger partial charge is 0.267 e. The maximum absolute atomic E-state index is 4.22. The van der Waals surface area contributed by atoms with Crippen molar-refractivity contribution in [1.82, 2.24) is 9.78 Å². The van der Waals surface area contributed by atoms with Gasteiger partial charge < -0.3 is 0 Å². The summed E-state index contributed by atoms with van der Waals surface area (Å²) in [6.07, 6.45) is 6.23. The van der Waals surface area contributed by atoms with Crippen LogP contribution >= 0.6 is 0 Å². The Morgan fingerprint density at radius 3 is 2.64 bits per heavy atom. The van der Waals surface area contributed by atoms with Crippen LogP contribution in [0.3, 0.4) is 0 Å². The van der Waals surface area contributed by atoms with Gasteiger partial charge in [0.1, 0.15) is 0 Å². The molecule has 0 bridgehead atoms. The topological polar surface area (TPSA) is 17.8 Å². The molecule has 0 aliphatic rings. The quantitative estimate of drug-likeness (QED) is 0.650. The summed E-state index contributed by atoms with van der Waals surface area (Å²) in [5, 5.41) is 4.22. The fourth-order valence-corrected chi connectivity index (χ4v) is 1.35. The Labute approximate surface area is 68.2 Å². The van der Waals surface area contributed by atoms with Crippen LogP contribution in [-0.2, 0) is 5.54 Å². The van der Waals surface area contributed by atoms with Crippen LogP contribution < -0.4 is 0 Å². The lowest BCUT2D eigenvalue weighted by molar-refractivity contribution is 0.292. The summed E-state index contributed by atoms with van der Waals surface area (Å²) in [7, 11) is 0. The molecule has 0 amide bonds. The normalized spacial score (nSPS) is 11.9. The minimum absolute atomic E-state index is 0.179. The zero-order valence-electron chi connectivity index (χ0n) is 7.54. The molecule has 1 aromatic rings. The van der Waals surface area contributed by atoms with Crippen LogP contribution in [0.5, 0.6) is 0 Å². The molecular weight excluding hydrogens is 136 g/mol. The standard InChI is InChI=1S/C9H16N2/c1-4-6-9(2,3)11-8-5-7-10-11/h5,7-8H,4,6H2,1-3H3. The molecule has 62 valence electrons. The maximum Gasteiger partial charge on any atom is 0.0571 e. The molecular formula is C9H16N2. The lowest BCUT2D eigenvalue weighted by Gasteiger charge is -2.24. The van der Waals surface area contributed by atoms with Gasteiger partial charge in [-0.25, -0.2) is 0 Å². The van der Waals surface area contributed by atoms with Gasteiger partial charge in [-0.05, 0) is 26.3 Å². The van der Waals surface area contributed by atoms with Crippen molar-refractivity contribution in [1.29, 1.82) is 0 Å². The fraction of sp³-hybridized carbons (Fsp3) is 0.667. The number of hydrogen-bond acceptors (Lipinski definition) is 1. The third kappa shape index (κ3) is 1.82. The van der Waals surface area contributed by atoms with E-state index in [9.17, 15) is 0 Å². The highest BCUT2D eigenvalue weighted by atomic mass is 15.3. The lowest BCUT2D eigenvalue weighted by atomic mass is 10.00. The van der Waals surface area contributed by atoms with Gasteiger partial charge in [0.25, 0.3) is 0 Å². The minimum Gasteiger partial charge on any atom is -0.267 e. The van der Waals surface area contributed by atoms with Gasteiger partial charge in [0.2, 0.25) is 0 Å². The molecule has 0 aromatic carbocycles. The third-order valence-corrected chi connectivity index (χ3v) is 1.99. The minimum atomic E-state index is 0.179. The molecule has 1 heterocycles. The highest BCUT2D eigenvalue weighted by molar-refractivity contribution is 4.85. The predicted molar refractivity (Wildman–Crippen MR) is 46.5 cm³/mol. The average molecular weight is 152 g/mol. The van der Waals surface area contributed by atoms with Gasteiger partial charge in [0, 0.05) is 12.4 Å². The summed E-state index contributed by atoms with van der Waals surface area (Å²) in [6.45, 7) is 6.62. The monoisotopic (exact) mass is 152 g/mol. The van der Waals surface area contributed by atoms with E-state index in [-0.39, 0.29) is 5.54 Å². The molecule has 0 atom stereocenters. The first-order chi connectivity index (χ1) is 5.17. The summed E-state index contributed by atoms with van der Waals surface area (Å²) >= 11 is 0. The van der Waals surface area contributed by atoms with Gasteiger partial charge in [-0.1, -0.05) is 13.3 Å². The molecule has 0 saturated carbocycles. The van der Waals surface area contributed by atoms with Crippen LogP contribution in [-0.4, -0.2) is 9.78 Å². The van der Waals surface area contributed by atoms with Crippen molar-refractivity contribution < 1.29 is 0 Å². The Balaban J connectivity index is 2.73. The van der Waals surface area contributed by atoms with Crippen molar-refractivity contribution in [2.45, 2.75) is 39.2 Å². The second kappa shape index (κ2) is 3.07. The van der Waals surface area contributed by atoms with Crippen LogP contribution in [0.4, 0.5) is 0 Å². The molecule has 0 aliphatic carbocycles. The molecule has 11 heavy (non-hydrogen) atoms. The van der Waals surface area contributed by atoms with Crippen molar-refractivity contribution >= 4 is 0 Å². The predicted octanol–water partition coefficient (Wildman–Crippen LogP) is 2.42. The number of hydrogen-bond donors (Lipinski definition) is 0. The van der Waals surface area contributed by atoms with Gasteiger partial charge in [0.15, 0.2) is 0 Å². The van der Waals surface area contributed by atoms with Gasteiger partial charge >= 0.3 is 0 Å². The Morgan fingerprint density at radius 1 is 1.45 bits per heavy atom. The van der Waals surface area contributed by atoms with Crippen LogP contribution in [0, 0.1) is 0 Å². The van der Waals surface area contributed by atoms with Gasteiger partial charge in [0.05, 0.1) is 5.54 Å². The van der Waals surface area contributed by atoms with E-state index in [1.165, 1.54) is 12.8 Å². The first kappa shape index (κ1) is 8.31. The summed E-state index contributed by atoms with van der Waals surface area (Å²) in [6, 6.07) is 1.97. The zero-order valence-corrected chi connectivity index (χ0v) is 7.54. The van der Waals surface area contributed by atoms with Crippen LogP contribution in [0.2, 0.25) is 0 Å². The third-order valence-electron chi connectivity index (χ3n) is 1.99. The smallest absolute Gasteiger partial charge is 0.0571 e. The maximum atomic E-state index is 4.22. The summed E-state index contributed by atoms with van der Waals surface area (Å²) < 4.78 is 2.02. The Kier molecular flexibility index (Phi) is 2.32. The van der Waals surface area contributed by atoms with E-state index in [1.807, 2.05) is 23.1 Å². The second-order valence-electron chi connectivity index (χ2n) is 3.51. The molecule has 2 heteroatoms. The number of rotatable bonds is 3. The van der Waals surface area contributed by atoms with E-state index in [0.717, 1.165) is 0 Å². The molecule has 0 N–H and O–H groups in total. The first-order valence-electron chi connectivity index (χ1n) is 4.17. The zero-order chi connectivity index (χ0) is 8.32. The Bertz CT molecular complexity index is 199. The molecule has 2 nitrogen and oxygen atoms in total. The van der Waals surface area contributed by atoms with E-state index >= 15 is 0 Å².